The van der Waals surface area contributed by atoms with E-state index in [1.54, 1.807) is 0 Å². The zero-order chi connectivity index (χ0) is 14.8. The van der Waals surface area contributed by atoms with Gasteiger partial charge >= 0.3 is 6.18 Å². The van der Waals surface area contributed by atoms with Crippen molar-refractivity contribution in [3.63, 3.8) is 0 Å². The molecule has 0 fully saturated rings. The summed E-state index contributed by atoms with van der Waals surface area (Å²) in [4.78, 5) is 0. The van der Waals surface area contributed by atoms with E-state index in [0.29, 0.717) is 16.0 Å². The normalized spacial score (nSPS) is 11.4. The first-order valence-corrected chi connectivity index (χ1v) is 7.01. The molecular formula is C14H10BrClF3N. The van der Waals surface area contributed by atoms with Crippen LogP contribution in [0.25, 0.3) is 0 Å². The quantitative estimate of drug-likeness (QED) is 0.664. The third-order valence-electron chi connectivity index (χ3n) is 2.66. The summed E-state index contributed by atoms with van der Waals surface area (Å²) in [7, 11) is 0. The molecule has 0 amide bonds. The van der Waals surface area contributed by atoms with Crippen LogP contribution in [0.2, 0.25) is 0 Å². The largest absolute Gasteiger partial charge is 0.416 e. The van der Waals surface area contributed by atoms with Gasteiger partial charge in [-0.2, -0.15) is 13.2 Å². The molecule has 0 unspecified atom stereocenters. The van der Waals surface area contributed by atoms with Gasteiger partial charge in [0.2, 0.25) is 0 Å². The molecule has 6 heteroatoms. The highest BCUT2D eigenvalue weighted by Gasteiger charge is 2.30. The van der Waals surface area contributed by atoms with E-state index in [1.165, 1.54) is 6.07 Å². The molecule has 20 heavy (non-hydrogen) atoms. The van der Waals surface area contributed by atoms with E-state index in [4.69, 9.17) is 11.6 Å². The highest BCUT2D eigenvalue weighted by Crippen LogP contribution is 2.34. The molecule has 2 aromatic carbocycles. The van der Waals surface area contributed by atoms with Gasteiger partial charge in [0.15, 0.2) is 0 Å². The maximum Gasteiger partial charge on any atom is 0.416 e. The van der Waals surface area contributed by atoms with Crippen molar-refractivity contribution in [3.8, 4) is 0 Å². The molecule has 0 bridgehead atoms. The summed E-state index contributed by atoms with van der Waals surface area (Å²) in [6, 6.07) is 10.8. The van der Waals surface area contributed by atoms with Gasteiger partial charge in [0.25, 0.3) is 0 Å². The molecule has 0 aliphatic heterocycles. The summed E-state index contributed by atoms with van der Waals surface area (Å²) >= 11 is 8.89. The summed E-state index contributed by atoms with van der Waals surface area (Å²) in [5.74, 6) is 0.379. The highest BCUT2D eigenvalue weighted by molar-refractivity contribution is 9.10. The second-order valence-corrected chi connectivity index (χ2v) is 5.27. The Labute approximate surface area is 127 Å². The second-order valence-electron chi connectivity index (χ2n) is 4.15. The number of halogens is 5. The van der Waals surface area contributed by atoms with Crippen molar-refractivity contribution < 1.29 is 13.2 Å². The van der Waals surface area contributed by atoms with E-state index >= 15 is 0 Å². The van der Waals surface area contributed by atoms with E-state index < -0.39 is 11.7 Å². The maximum atomic E-state index is 12.6. The Kier molecular flexibility index (Phi) is 4.60. The Bertz CT molecular complexity index is 614. The van der Waals surface area contributed by atoms with E-state index in [0.717, 1.165) is 23.4 Å². The van der Waals surface area contributed by atoms with E-state index in [9.17, 15) is 13.2 Å². The van der Waals surface area contributed by atoms with Crippen molar-refractivity contribution in [1.29, 1.82) is 0 Å². The van der Waals surface area contributed by atoms with E-state index in [2.05, 4.69) is 21.2 Å². The zero-order valence-corrected chi connectivity index (χ0v) is 12.5. The topological polar surface area (TPSA) is 12.0 Å². The Hall–Kier alpha value is -1.20. The molecule has 1 N–H and O–H groups in total. The minimum Gasteiger partial charge on any atom is -0.355 e. The van der Waals surface area contributed by atoms with Crippen LogP contribution in [0.1, 0.15) is 11.1 Å². The van der Waals surface area contributed by atoms with Gasteiger partial charge in [-0.1, -0.05) is 12.1 Å². The SMILES string of the molecule is FC(F)(F)c1ccc(Nc2cccc(CCl)c2)c(Br)c1. The molecule has 0 spiro atoms. The highest BCUT2D eigenvalue weighted by atomic mass is 79.9. The predicted molar refractivity (Wildman–Crippen MR) is 78.4 cm³/mol. The van der Waals surface area contributed by atoms with Crippen LogP contribution in [0.3, 0.4) is 0 Å². The minimum absolute atomic E-state index is 0.351. The molecule has 0 aliphatic carbocycles. The summed E-state index contributed by atoms with van der Waals surface area (Å²) in [5.41, 5.74) is 1.57. The lowest BCUT2D eigenvalue weighted by Gasteiger charge is -2.12. The molecular weight excluding hydrogens is 355 g/mol. The molecule has 106 valence electrons. The van der Waals surface area contributed by atoms with Gasteiger partial charge in [-0.05, 0) is 51.8 Å². The van der Waals surface area contributed by atoms with Gasteiger partial charge in [0, 0.05) is 16.0 Å². The molecule has 2 aromatic rings. The van der Waals surface area contributed by atoms with Crippen molar-refractivity contribution in [2.24, 2.45) is 0 Å². The maximum absolute atomic E-state index is 12.6. The summed E-state index contributed by atoms with van der Waals surface area (Å²) in [6.45, 7) is 0. The molecule has 0 aromatic heterocycles. The summed E-state index contributed by atoms with van der Waals surface area (Å²) in [5, 5.41) is 3.05. The zero-order valence-electron chi connectivity index (χ0n) is 10.1. The van der Waals surface area contributed by atoms with Gasteiger partial charge in [0.1, 0.15) is 0 Å². The fourth-order valence-electron chi connectivity index (χ4n) is 1.68. The van der Waals surface area contributed by atoms with Crippen molar-refractivity contribution in [2.45, 2.75) is 12.1 Å². The third kappa shape index (κ3) is 3.67. The average molecular weight is 365 g/mol. The molecule has 0 saturated carbocycles. The lowest BCUT2D eigenvalue weighted by molar-refractivity contribution is -0.137. The molecule has 1 nitrogen and oxygen atoms in total. The van der Waals surface area contributed by atoms with E-state index in [-0.39, 0.29) is 0 Å². The third-order valence-corrected chi connectivity index (χ3v) is 3.62. The van der Waals surface area contributed by atoms with Crippen molar-refractivity contribution in [1.82, 2.24) is 0 Å². The van der Waals surface area contributed by atoms with Gasteiger partial charge in [-0.15, -0.1) is 11.6 Å². The fourth-order valence-corrected chi connectivity index (χ4v) is 2.32. The molecule has 0 saturated heterocycles. The van der Waals surface area contributed by atoms with Crippen LogP contribution >= 0.6 is 27.5 Å². The van der Waals surface area contributed by atoms with Crippen molar-refractivity contribution >= 4 is 38.9 Å². The lowest BCUT2D eigenvalue weighted by Crippen LogP contribution is -2.05. The van der Waals surface area contributed by atoms with Crippen LogP contribution in [-0.4, -0.2) is 0 Å². The van der Waals surface area contributed by atoms with Crippen LogP contribution < -0.4 is 5.32 Å². The Morgan fingerprint density at radius 2 is 1.85 bits per heavy atom. The van der Waals surface area contributed by atoms with Gasteiger partial charge in [-0.3, -0.25) is 0 Å². The van der Waals surface area contributed by atoms with Crippen LogP contribution in [0.5, 0.6) is 0 Å². The number of benzene rings is 2. The molecule has 0 aliphatic rings. The minimum atomic E-state index is -4.35. The number of hydrogen-bond acceptors (Lipinski definition) is 1. The van der Waals surface area contributed by atoms with Crippen molar-refractivity contribution in [3.05, 3.63) is 58.1 Å². The number of rotatable bonds is 3. The monoisotopic (exact) mass is 363 g/mol. The summed E-state index contributed by atoms with van der Waals surface area (Å²) in [6.07, 6.45) is -4.35. The second kappa shape index (κ2) is 6.06. The standard InChI is InChI=1S/C14H10BrClF3N/c15-12-7-10(14(17,18)19)4-5-13(12)20-11-3-1-2-9(6-11)8-16/h1-7,20H,8H2. The molecule has 0 radical (unpaired) electrons. The molecule has 0 atom stereocenters. The van der Waals surface area contributed by atoms with Crippen molar-refractivity contribution in [2.75, 3.05) is 5.32 Å². The fraction of sp³-hybridized carbons (Fsp3) is 0.143. The van der Waals surface area contributed by atoms with Crippen LogP contribution in [0.15, 0.2) is 46.9 Å². The first-order chi connectivity index (χ1) is 9.40. The number of hydrogen-bond donors (Lipinski definition) is 1. The van der Waals surface area contributed by atoms with Gasteiger partial charge < -0.3 is 5.32 Å². The van der Waals surface area contributed by atoms with Gasteiger partial charge in [0.05, 0.1) is 11.3 Å². The smallest absolute Gasteiger partial charge is 0.355 e. The summed E-state index contributed by atoms with van der Waals surface area (Å²) < 4.78 is 38.1. The van der Waals surface area contributed by atoms with Gasteiger partial charge in [-0.25, -0.2) is 0 Å². The number of anilines is 2. The molecule has 2 rings (SSSR count). The number of nitrogens with one attached hydrogen (secondary N) is 1. The first-order valence-electron chi connectivity index (χ1n) is 5.69. The molecule has 0 heterocycles. The number of alkyl halides is 4. The average Bonchev–Trinajstić information content (AvgIpc) is 2.40. The lowest BCUT2D eigenvalue weighted by atomic mass is 10.2. The predicted octanol–water partition coefficient (Wildman–Crippen LogP) is 5.95. The Morgan fingerprint density at radius 1 is 1.10 bits per heavy atom. The Balaban J connectivity index is 2.25. The first kappa shape index (κ1) is 15.2. The van der Waals surface area contributed by atoms with Crippen LogP contribution in [0.4, 0.5) is 24.5 Å². The van der Waals surface area contributed by atoms with Crippen LogP contribution in [0, 0.1) is 0 Å². The van der Waals surface area contributed by atoms with E-state index in [1.807, 2.05) is 24.3 Å². The Morgan fingerprint density at radius 3 is 2.45 bits per heavy atom. The van der Waals surface area contributed by atoms with Crippen LogP contribution in [-0.2, 0) is 12.1 Å².